The maximum atomic E-state index is 12.4. The molecule has 1 fully saturated rings. The molecule has 4 nitrogen and oxygen atoms in total. The van der Waals surface area contributed by atoms with E-state index in [0.717, 1.165) is 48.1 Å². The van der Waals surface area contributed by atoms with Gasteiger partial charge in [-0.3, -0.25) is 4.98 Å². The molecule has 1 spiro atoms. The number of nitrogens with zero attached hydrogens (tertiary/aromatic N) is 1. The standard InChI is InChI=1S/C20H20ClNO3/c1-12-15-6-9-20(7-4-8-20)25-17(15)13(2)16(21)18(12)24-19(23)14-5-3-10-22-11-14/h3,5,10-11H,4,6-9H2,1-2H3. The summed E-state index contributed by atoms with van der Waals surface area (Å²) in [5, 5.41) is 0.449. The molecule has 0 radical (unpaired) electrons. The van der Waals surface area contributed by atoms with Crippen LogP contribution in [0.2, 0.25) is 5.02 Å². The van der Waals surface area contributed by atoms with Gasteiger partial charge >= 0.3 is 5.97 Å². The third-order valence-corrected chi connectivity index (χ3v) is 5.90. The topological polar surface area (TPSA) is 48.4 Å². The second-order valence-corrected chi connectivity index (χ2v) is 7.35. The number of rotatable bonds is 2. The van der Waals surface area contributed by atoms with E-state index in [2.05, 4.69) is 4.98 Å². The minimum Gasteiger partial charge on any atom is -0.487 e. The molecule has 1 aromatic carbocycles. The number of halogens is 1. The highest BCUT2D eigenvalue weighted by molar-refractivity contribution is 6.33. The summed E-state index contributed by atoms with van der Waals surface area (Å²) in [7, 11) is 0. The summed E-state index contributed by atoms with van der Waals surface area (Å²) in [5.74, 6) is 0.860. The molecule has 0 amide bonds. The van der Waals surface area contributed by atoms with Gasteiger partial charge < -0.3 is 9.47 Å². The van der Waals surface area contributed by atoms with Crippen molar-refractivity contribution in [2.24, 2.45) is 0 Å². The van der Waals surface area contributed by atoms with E-state index in [0.29, 0.717) is 16.3 Å². The Morgan fingerprint density at radius 1 is 1.28 bits per heavy atom. The SMILES string of the molecule is Cc1c2c(c(C)c(Cl)c1OC(=O)c1cccnc1)OC1(CCC1)CC2. The van der Waals surface area contributed by atoms with Gasteiger partial charge in [-0.25, -0.2) is 4.79 Å². The van der Waals surface area contributed by atoms with E-state index in [9.17, 15) is 4.79 Å². The Balaban J connectivity index is 1.70. The number of hydrogen-bond acceptors (Lipinski definition) is 4. The van der Waals surface area contributed by atoms with Gasteiger partial charge in [-0.05, 0) is 58.1 Å². The first-order valence-electron chi connectivity index (χ1n) is 8.63. The number of carbonyl (C=O) groups excluding carboxylic acids is 1. The average molecular weight is 358 g/mol. The summed E-state index contributed by atoms with van der Waals surface area (Å²) >= 11 is 6.55. The van der Waals surface area contributed by atoms with Crippen LogP contribution in [0.25, 0.3) is 0 Å². The van der Waals surface area contributed by atoms with Crippen molar-refractivity contribution in [3.05, 3.63) is 51.8 Å². The Morgan fingerprint density at radius 3 is 2.72 bits per heavy atom. The number of carbonyl (C=O) groups is 1. The van der Waals surface area contributed by atoms with E-state index < -0.39 is 5.97 Å². The predicted octanol–water partition coefficient (Wildman–Crippen LogP) is 4.82. The molecule has 2 heterocycles. The second-order valence-electron chi connectivity index (χ2n) is 6.97. The van der Waals surface area contributed by atoms with E-state index in [4.69, 9.17) is 21.1 Å². The normalized spacial score (nSPS) is 17.4. The van der Waals surface area contributed by atoms with Crippen LogP contribution in [0.1, 0.15) is 52.7 Å². The summed E-state index contributed by atoms with van der Waals surface area (Å²) in [6.07, 6.45) is 8.49. The third kappa shape index (κ3) is 2.69. The zero-order valence-electron chi connectivity index (χ0n) is 14.4. The maximum absolute atomic E-state index is 12.4. The lowest BCUT2D eigenvalue weighted by molar-refractivity contribution is -0.0257. The van der Waals surface area contributed by atoms with E-state index in [1.807, 2.05) is 13.8 Å². The van der Waals surface area contributed by atoms with Gasteiger partial charge in [0.1, 0.15) is 11.4 Å². The summed E-state index contributed by atoms with van der Waals surface area (Å²) in [6, 6.07) is 3.38. The molecule has 0 atom stereocenters. The number of esters is 1. The predicted molar refractivity (Wildman–Crippen MR) is 95.7 cm³/mol. The lowest BCUT2D eigenvalue weighted by Crippen LogP contribution is -2.46. The summed E-state index contributed by atoms with van der Waals surface area (Å²) in [6.45, 7) is 3.87. The van der Waals surface area contributed by atoms with E-state index in [-0.39, 0.29) is 5.60 Å². The molecule has 0 N–H and O–H groups in total. The first-order chi connectivity index (χ1) is 12.0. The molecule has 2 aromatic rings. The van der Waals surface area contributed by atoms with Gasteiger partial charge in [0.2, 0.25) is 0 Å². The number of aromatic nitrogens is 1. The summed E-state index contributed by atoms with van der Waals surface area (Å²) in [4.78, 5) is 16.4. The number of fused-ring (bicyclic) bond motifs is 1. The summed E-state index contributed by atoms with van der Waals surface area (Å²) in [5.41, 5.74) is 3.24. The molecule has 4 rings (SSSR count). The number of ether oxygens (including phenoxy) is 2. The molecule has 0 bridgehead atoms. The Labute approximate surface area is 152 Å². The molecule has 1 aliphatic heterocycles. The Morgan fingerprint density at radius 2 is 2.08 bits per heavy atom. The largest absolute Gasteiger partial charge is 0.487 e. The highest BCUT2D eigenvalue weighted by Crippen LogP contribution is 2.50. The minimum atomic E-state index is -0.454. The van der Waals surface area contributed by atoms with Gasteiger partial charge in [0, 0.05) is 29.1 Å². The molecule has 1 aromatic heterocycles. The fourth-order valence-corrected chi connectivity index (χ4v) is 3.97. The minimum absolute atomic E-state index is 0.00142. The Bertz CT molecular complexity index is 844. The molecule has 25 heavy (non-hydrogen) atoms. The van der Waals surface area contributed by atoms with Gasteiger partial charge in [-0.15, -0.1) is 0 Å². The van der Waals surface area contributed by atoms with Crippen LogP contribution in [0.4, 0.5) is 0 Å². The Hall–Kier alpha value is -2.07. The smallest absolute Gasteiger partial charge is 0.345 e. The van der Waals surface area contributed by atoms with Gasteiger partial charge in [0.05, 0.1) is 10.6 Å². The van der Waals surface area contributed by atoms with Crippen molar-refractivity contribution in [3.63, 3.8) is 0 Å². The lowest BCUT2D eigenvalue weighted by atomic mass is 9.74. The molecule has 5 heteroatoms. The van der Waals surface area contributed by atoms with E-state index >= 15 is 0 Å². The quantitative estimate of drug-likeness (QED) is 0.571. The molecule has 2 aliphatic rings. The first-order valence-corrected chi connectivity index (χ1v) is 9.01. The fraction of sp³-hybridized carbons (Fsp3) is 0.400. The number of benzene rings is 1. The maximum Gasteiger partial charge on any atom is 0.345 e. The first kappa shape index (κ1) is 16.4. The van der Waals surface area contributed by atoms with Crippen LogP contribution in [0.15, 0.2) is 24.5 Å². The zero-order chi connectivity index (χ0) is 17.6. The molecule has 130 valence electrons. The van der Waals surface area contributed by atoms with Crippen molar-refractivity contribution in [3.8, 4) is 11.5 Å². The van der Waals surface area contributed by atoms with E-state index in [1.165, 1.54) is 12.6 Å². The van der Waals surface area contributed by atoms with Crippen LogP contribution >= 0.6 is 11.6 Å². The van der Waals surface area contributed by atoms with Crippen molar-refractivity contribution in [1.29, 1.82) is 0 Å². The highest BCUT2D eigenvalue weighted by Gasteiger charge is 2.43. The lowest BCUT2D eigenvalue weighted by Gasteiger charge is -2.46. The van der Waals surface area contributed by atoms with Gasteiger partial charge in [0.25, 0.3) is 0 Å². The number of hydrogen-bond donors (Lipinski definition) is 0. The van der Waals surface area contributed by atoms with Gasteiger partial charge in [0.15, 0.2) is 5.75 Å². The van der Waals surface area contributed by atoms with Crippen LogP contribution in [-0.4, -0.2) is 16.6 Å². The van der Waals surface area contributed by atoms with Crippen LogP contribution < -0.4 is 9.47 Å². The molecule has 1 aliphatic carbocycles. The third-order valence-electron chi connectivity index (χ3n) is 5.44. The van der Waals surface area contributed by atoms with Crippen LogP contribution in [0.3, 0.4) is 0 Å². The van der Waals surface area contributed by atoms with Crippen molar-refractivity contribution in [2.45, 2.75) is 51.6 Å². The van der Waals surface area contributed by atoms with Crippen molar-refractivity contribution >= 4 is 17.6 Å². The molecular weight excluding hydrogens is 338 g/mol. The molecular formula is C20H20ClNO3. The van der Waals surface area contributed by atoms with Gasteiger partial charge in [-0.1, -0.05) is 11.6 Å². The van der Waals surface area contributed by atoms with Crippen molar-refractivity contribution in [1.82, 2.24) is 4.98 Å². The van der Waals surface area contributed by atoms with Gasteiger partial charge in [-0.2, -0.15) is 0 Å². The number of pyridine rings is 1. The molecule has 0 saturated heterocycles. The average Bonchev–Trinajstić information content (AvgIpc) is 2.62. The molecule has 0 unspecified atom stereocenters. The van der Waals surface area contributed by atoms with Crippen LogP contribution in [0.5, 0.6) is 11.5 Å². The monoisotopic (exact) mass is 357 g/mol. The summed E-state index contributed by atoms with van der Waals surface area (Å²) < 4.78 is 12.0. The second kappa shape index (κ2) is 6.03. The zero-order valence-corrected chi connectivity index (χ0v) is 15.2. The fourth-order valence-electron chi connectivity index (χ4n) is 3.71. The van der Waals surface area contributed by atoms with Crippen LogP contribution in [0, 0.1) is 13.8 Å². The Kier molecular flexibility index (Phi) is 3.95. The highest BCUT2D eigenvalue weighted by atomic mass is 35.5. The van der Waals surface area contributed by atoms with Crippen LogP contribution in [-0.2, 0) is 6.42 Å². The van der Waals surface area contributed by atoms with E-state index in [1.54, 1.807) is 18.3 Å². The van der Waals surface area contributed by atoms with Crippen molar-refractivity contribution < 1.29 is 14.3 Å². The molecule has 1 saturated carbocycles. The van der Waals surface area contributed by atoms with Crippen molar-refractivity contribution in [2.75, 3.05) is 0 Å².